The van der Waals surface area contributed by atoms with Crippen LogP contribution in [0.5, 0.6) is 0 Å². The monoisotopic (exact) mass is 284 g/mol. The third kappa shape index (κ3) is 3.15. The highest BCUT2D eigenvalue weighted by Crippen LogP contribution is 2.18. The van der Waals surface area contributed by atoms with E-state index < -0.39 is 23.2 Å². The van der Waals surface area contributed by atoms with Crippen LogP contribution in [0.4, 0.5) is 13.2 Å². The maximum Gasteiger partial charge on any atom is 0.167 e. The summed E-state index contributed by atoms with van der Waals surface area (Å²) in [4.78, 5) is 11.8. The van der Waals surface area contributed by atoms with E-state index in [9.17, 15) is 18.0 Å². The van der Waals surface area contributed by atoms with E-state index in [0.29, 0.717) is 5.02 Å². The van der Waals surface area contributed by atoms with Gasteiger partial charge >= 0.3 is 0 Å². The topological polar surface area (TPSA) is 17.1 Å². The van der Waals surface area contributed by atoms with E-state index in [1.165, 1.54) is 12.1 Å². The van der Waals surface area contributed by atoms with Gasteiger partial charge in [-0.1, -0.05) is 11.6 Å². The van der Waals surface area contributed by atoms with Crippen LogP contribution >= 0.6 is 11.6 Å². The van der Waals surface area contributed by atoms with E-state index in [1.54, 1.807) is 0 Å². The molecule has 0 bridgehead atoms. The van der Waals surface area contributed by atoms with E-state index in [0.717, 1.165) is 24.3 Å². The van der Waals surface area contributed by atoms with Gasteiger partial charge in [0.15, 0.2) is 17.4 Å². The standard InChI is InChI=1S/C14H8ClF3O/c15-10-2-4-11(16)9(5-10)7-14(19)8-1-3-12(17)13(18)6-8/h1-6H,7H2. The molecule has 0 aromatic heterocycles. The summed E-state index contributed by atoms with van der Waals surface area (Å²) in [5.41, 5.74) is 0.0977. The van der Waals surface area contributed by atoms with Gasteiger partial charge in [0.25, 0.3) is 0 Å². The molecule has 0 saturated heterocycles. The Kier molecular flexibility index (Phi) is 3.90. The molecule has 0 amide bonds. The number of Topliss-reactive ketones (excluding diaryl/α,β-unsaturated/α-hetero) is 1. The Morgan fingerprint density at radius 1 is 0.947 bits per heavy atom. The van der Waals surface area contributed by atoms with Gasteiger partial charge < -0.3 is 0 Å². The first-order valence-electron chi connectivity index (χ1n) is 5.39. The first kappa shape index (κ1) is 13.6. The van der Waals surface area contributed by atoms with Crippen LogP contribution in [0.2, 0.25) is 5.02 Å². The average molecular weight is 285 g/mol. The number of carbonyl (C=O) groups excluding carboxylic acids is 1. The predicted octanol–water partition coefficient (Wildman–Crippen LogP) is 4.18. The highest BCUT2D eigenvalue weighted by molar-refractivity contribution is 6.30. The average Bonchev–Trinajstić information content (AvgIpc) is 2.37. The molecular formula is C14H8ClF3O. The molecule has 2 aromatic carbocycles. The van der Waals surface area contributed by atoms with Crippen molar-refractivity contribution >= 4 is 17.4 Å². The summed E-state index contributed by atoms with van der Waals surface area (Å²) in [6, 6.07) is 6.65. The summed E-state index contributed by atoms with van der Waals surface area (Å²) >= 11 is 5.70. The second-order valence-electron chi connectivity index (χ2n) is 3.96. The predicted molar refractivity (Wildman–Crippen MR) is 65.8 cm³/mol. The number of carbonyl (C=O) groups is 1. The van der Waals surface area contributed by atoms with Crippen molar-refractivity contribution in [1.82, 2.24) is 0 Å². The molecule has 0 aliphatic carbocycles. The molecule has 0 unspecified atom stereocenters. The summed E-state index contributed by atoms with van der Waals surface area (Å²) in [7, 11) is 0. The highest BCUT2D eigenvalue weighted by atomic mass is 35.5. The lowest BCUT2D eigenvalue weighted by molar-refractivity contribution is 0.0991. The third-order valence-electron chi connectivity index (χ3n) is 2.60. The fraction of sp³-hybridized carbons (Fsp3) is 0.0714. The number of rotatable bonds is 3. The van der Waals surface area contributed by atoms with E-state index in [2.05, 4.69) is 0 Å². The number of benzene rings is 2. The van der Waals surface area contributed by atoms with Gasteiger partial charge in [-0.25, -0.2) is 13.2 Å². The quantitative estimate of drug-likeness (QED) is 0.773. The Labute approximate surface area is 112 Å². The maximum absolute atomic E-state index is 13.4. The summed E-state index contributed by atoms with van der Waals surface area (Å²) in [5.74, 6) is -3.23. The molecule has 0 aliphatic rings. The van der Waals surface area contributed by atoms with Crippen molar-refractivity contribution in [2.24, 2.45) is 0 Å². The highest BCUT2D eigenvalue weighted by Gasteiger charge is 2.13. The van der Waals surface area contributed by atoms with Crippen LogP contribution in [-0.4, -0.2) is 5.78 Å². The molecule has 5 heteroatoms. The molecule has 0 spiro atoms. The van der Waals surface area contributed by atoms with E-state index >= 15 is 0 Å². The van der Waals surface area contributed by atoms with Gasteiger partial charge in [-0.2, -0.15) is 0 Å². The van der Waals surface area contributed by atoms with Crippen LogP contribution in [0.1, 0.15) is 15.9 Å². The van der Waals surface area contributed by atoms with Crippen LogP contribution < -0.4 is 0 Å². The zero-order valence-electron chi connectivity index (χ0n) is 9.59. The minimum absolute atomic E-state index is 0.0155. The van der Waals surface area contributed by atoms with Crippen molar-refractivity contribution in [3.63, 3.8) is 0 Å². The fourth-order valence-electron chi connectivity index (χ4n) is 1.62. The van der Waals surface area contributed by atoms with Crippen LogP contribution in [0.25, 0.3) is 0 Å². The summed E-state index contributed by atoms with van der Waals surface area (Å²) in [6.45, 7) is 0. The van der Waals surface area contributed by atoms with Gasteiger partial charge in [0.2, 0.25) is 0 Å². The van der Waals surface area contributed by atoms with Crippen molar-refractivity contribution in [2.45, 2.75) is 6.42 Å². The Hall–Kier alpha value is -1.81. The molecular weight excluding hydrogens is 277 g/mol. The number of halogens is 4. The van der Waals surface area contributed by atoms with Crippen molar-refractivity contribution in [3.8, 4) is 0 Å². The third-order valence-corrected chi connectivity index (χ3v) is 2.84. The maximum atomic E-state index is 13.4. The second kappa shape index (κ2) is 5.45. The normalized spacial score (nSPS) is 10.5. The fourth-order valence-corrected chi connectivity index (χ4v) is 1.82. The Morgan fingerprint density at radius 3 is 2.32 bits per heavy atom. The molecule has 0 aliphatic heterocycles. The Bertz CT molecular complexity index is 641. The van der Waals surface area contributed by atoms with Gasteiger partial charge in [-0.05, 0) is 42.0 Å². The molecule has 0 atom stereocenters. The van der Waals surface area contributed by atoms with Crippen molar-refractivity contribution < 1.29 is 18.0 Å². The van der Waals surface area contributed by atoms with Gasteiger partial charge in [0, 0.05) is 17.0 Å². The van der Waals surface area contributed by atoms with Crippen LogP contribution in [0.3, 0.4) is 0 Å². The largest absolute Gasteiger partial charge is 0.294 e. The first-order valence-corrected chi connectivity index (χ1v) is 5.77. The van der Waals surface area contributed by atoms with Crippen molar-refractivity contribution in [1.29, 1.82) is 0 Å². The van der Waals surface area contributed by atoms with Gasteiger partial charge in [0.1, 0.15) is 5.82 Å². The van der Waals surface area contributed by atoms with Crippen molar-refractivity contribution in [2.75, 3.05) is 0 Å². The van der Waals surface area contributed by atoms with Crippen LogP contribution in [-0.2, 0) is 6.42 Å². The molecule has 0 heterocycles. The first-order chi connectivity index (χ1) is 8.97. The zero-order valence-corrected chi connectivity index (χ0v) is 10.3. The van der Waals surface area contributed by atoms with Gasteiger partial charge in [0.05, 0.1) is 0 Å². The number of ketones is 1. The summed E-state index contributed by atoms with van der Waals surface area (Å²) < 4.78 is 39.2. The summed E-state index contributed by atoms with van der Waals surface area (Å²) in [6.07, 6.45) is -0.266. The van der Waals surface area contributed by atoms with Crippen LogP contribution in [0.15, 0.2) is 36.4 Å². The number of hydrogen-bond donors (Lipinski definition) is 0. The SMILES string of the molecule is O=C(Cc1cc(Cl)ccc1F)c1ccc(F)c(F)c1. The van der Waals surface area contributed by atoms with E-state index in [4.69, 9.17) is 11.6 Å². The Morgan fingerprint density at radius 2 is 1.63 bits per heavy atom. The lowest BCUT2D eigenvalue weighted by atomic mass is 10.0. The molecule has 2 rings (SSSR count). The lowest BCUT2D eigenvalue weighted by Gasteiger charge is -2.04. The Balaban J connectivity index is 2.25. The molecule has 98 valence electrons. The molecule has 19 heavy (non-hydrogen) atoms. The molecule has 2 aromatic rings. The lowest BCUT2D eigenvalue weighted by Crippen LogP contribution is -2.06. The van der Waals surface area contributed by atoms with Crippen LogP contribution in [0, 0.1) is 17.5 Å². The minimum Gasteiger partial charge on any atom is -0.294 e. The molecule has 0 fully saturated rings. The minimum atomic E-state index is -1.11. The summed E-state index contributed by atoms with van der Waals surface area (Å²) in [5, 5.41) is 0.300. The zero-order chi connectivity index (χ0) is 14.0. The smallest absolute Gasteiger partial charge is 0.167 e. The molecule has 0 radical (unpaired) electrons. The molecule has 0 N–H and O–H groups in total. The van der Waals surface area contributed by atoms with E-state index in [1.807, 2.05) is 0 Å². The van der Waals surface area contributed by atoms with E-state index in [-0.39, 0.29) is 17.5 Å². The molecule has 1 nitrogen and oxygen atoms in total. The van der Waals surface area contributed by atoms with Gasteiger partial charge in [-0.3, -0.25) is 4.79 Å². The number of hydrogen-bond acceptors (Lipinski definition) is 1. The van der Waals surface area contributed by atoms with Crippen molar-refractivity contribution in [3.05, 3.63) is 70.0 Å². The second-order valence-corrected chi connectivity index (χ2v) is 4.40. The molecule has 0 saturated carbocycles. The van der Waals surface area contributed by atoms with Gasteiger partial charge in [-0.15, -0.1) is 0 Å².